The number of hydrogen-bond acceptors (Lipinski definition) is 6. The van der Waals surface area contributed by atoms with Crippen LogP contribution >= 0.6 is 0 Å². The first kappa shape index (κ1) is 32.2. The number of sulfonamides is 2. The van der Waals surface area contributed by atoms with Gasteiger partial charge in [-0.2, -0.15) is 4.31 Å². The van der Waals surface area contributed by atoms with Crippen molar-refractivity contribution in [2.24, 2.45) is 0 Å². The molecule has 0 aromatic heterocycles. The predicted octanol–water partition coefficient (Wildman–Crippen LogP) is 5.37. The molecule has 45 heavy (non-hydrogen) atoms. The van der Waals surface area contributed by atoms with Gasteiger partial charge in [0.2, 0.25) is 10.0 Å². The van der Waals surface area contributed by atoms with E-state index in [1.54, 1.807) is 60.7 Å². The lowest BCUT2D eigenvalue weighted by molar-refractivity contribution is 0.0947. The minimum atomic E-state index is -4.02. The molecule has 0 atom stereocenters. The van der Waals surface area contributed by atoms with Crippen LogP contribution in [0.3, 0.4) is 0 Å². The highest BCUT2D eigenvalue weighted by molar-refractivity contribution is 7.92. The Bertz CT molecular complexity index is 1810. The first-order valence-corrected chi connectivity index (χ1v) is 17.8. The molecule has 5 rings (SSSR count). The second kappa shape index (κ2) is 14.3. The molecule has 236 valence electrons. The zero-order valence-corrected chi connectivity index (χ0v) is 26.8. The van der Waals surface area contributed by atoms with E-state index in [1.165, 1.54) is 20.7 Å². The third-order valence-corrected chi connectivity index (χ3v) is 11.3. The first-order chi connectivity index (χ1) is 21.7. The Morgan fingerprint density at radius 3 is 2.09 bits per heavy atom. The summed E-state index contributed by atoms with van der Waals surface area (Å²) in [7, 11) is -7.56. The summed E-state index contributed by atoms with van der Waals surface area (Å²) in [6, 6.07) is 28.7. The molecule has 4 aromatic carbocycles. The lowest BCUT2D eigenvalue weighted by Crippen LogP contribution is -2.35. The molecule has 0 unspecified atom stereocenters. The Balaban J connectivity index is 1.27. The summed E-state index contributed by atoms with van der Waals surface area (Å²) >= 11 is 0. The van der Waals surface area contributed by atoms with Crippen molar-refractivity contribution < 1.29 is 26.4 Å². The normalized spacial score (nSPS) is 14.1. The third-order valence-electron chi connectivity index (χ3n) is 7.63. The summed E-state index contributed by atoms with van der Waals surface area (Å²) < 4.78 is 62.2. The van der Waals surface area contributed by atoms with Gasteiger partial charge >= 0.3 is 0 Å². The summed E-state index contributed by atoms with van der Waals surface area (Å²) in [5.41, 5.74) is 2.16. The Kier molecular flexibility index (Phi) is 10.2. The summed E-state index contributed by atoms with van der Waals surface area (Å²) in [5.74, 6) is 0.0230. The number of piperidine rings is 1. The molecule has 1 aliphatic rings. The van der Waals surface area contributed by atoms with Crippen LogP contribution in [0.25, 0.3) is 0 Å². The number of hydrogen-bond donors (Lipinski definition) is 1. The van der Waals surface area contributed by atoms with Crippen molar-refractivity contribution in [1.29, 1.82) is 0 Å². The van der Waals surface area contributed by atoms with Crippen molar-refractivity contribution >= 4 is 31.6 Å². The number of ether oxygens (including phenoxy) is 1. The van der Waals surface area contributed by atoms with Gasteiger partial charge in [0.05, 0.1) is 34.1 Å². The molecule has 1 fully saturated rings. The molecular weight excluding hydrogens is 611 g/mol. The number of nitrogens with one attached hydrogen (secondary N) is 1. The molecule has 0 radical (unpaired) electrons. The van der Waals surface area contributed by atoms with E-state index in [0.717, 1.165) is 30.4 Å². The zero-order valence-electron chi connectivity index (χ0n) is 25.1. The number of anilines is 1. The quantitative estimate of drug-likeness (QED) is 0.207. The van der Waals surface area contributed by atoms with E-state index in [4.69, 9.17) is 4.74 Å². The van der Waals surface area contributed by atoms with Gasteiger partial charge < -0.3 is 10.1 Å². The van der Waals surface area contributed by atoms with E-state index < -0.39 is 26.0 Å². The third kappa shape index (κ3) is 7.73. The molecule has 0 spiro atoms. The number of carbonyl (C=O) groups is 1. The largest absolute Gasteiger partial charge is 0.492 e. The zero-order chi connectivity index (χ0) is 31.9. The molecule has 4 aromatic rings. The van der Waals surface area contributed by atoms with Gasteiger partial charge in [-0.05, 0) is 73.9 Å². The summed E-state index contributed by atoms with van der Waals surface area (Å²) in [6.07, 6.45) is 2.77. The fraction of sp³-hybridized carbons (Fsp3) is 0.265. The topological polar surface area (TPSA) is 113 Å². The van der Waals surface area contributed by atoms with Gasteiger partial charge in [-0.15, -0.1) is 0 Å². The van der Waals surface area contributed by atoms with E-state index in [0.29, 0.717) is 18.8 Å². The van der Waals surface area contributed by atoms with Crippen LogP contribution in [0.5, 0.6) is 5.75 Å². The van der Waals surface area contributed by atoms with Crippen LogP contribution in [0.15, 0.2) is 113 Å². The van der Waals surface area contributed by atoms with Crippen LogP contribution in [0.4, 0.5) is 5.69 Å². The number of para-hydroxylation sites is 1. The van der Waals surface area contributed by atoms with Gasteiger partial charge in [0.15, 0.2) is 0 Å². The lowest BCUT2D eigenvalue weighted by Gasteiger charge is -2.26. The number of aryl methyl sites for hydroxylation is 1. The van der Waals surface area contributed by atoms with Crippen molar-refractivity contribution in [3.63, 3.8) is 0 Å². The minimum Gasteiger partial charge on any atom is -0.492 e. The molecule has 1 heterocycles. The van der Waals surface area contributed by atoms with Gasteiger partial charge in [0.25, 0.3) is 15.9 Å². The van der Waals surface area contributed by atoms with E-state index in [1.807, 2.05) is 37.3 Å². The molecular formula is C34H37N3O6S2. The van der Waals surface area contributed by atoms with Crippen LogP contribution in [0.2, 0.25) is 0 Å². The molecule has 1 saturated heterocycles. The maximum absolute atomic E-state index is 14.0. The minimum absolute atomic E-state index is 0.0356. The highest BCUT2D eigenvalue weighted by atomic mass is 32.2. The predicted molar refractivity (Wildman–Crippen MR) is 174 cm³/mol. The van der Waals surface area contributed by atoms with E-state index in [-0.39, 0.29) is 40.7 Å². The number of carbonyl (C=O) groups excluding carboxylic acids is 1. The van der Waals surface area contributed by atoms with Crippen molar-refractivity contribution in [1.82, 2.24) is 9.62 Å². The standard InChI is InChI=1S/C34H37N3O6S2/c1-27-14-18-31(19-15-27)45(41,42)37(26-28-10-4-2-5-11-28)33-13-7-6-12-32(33)34(38)35-22-25-43-29-16-20-30(21-17-29)44(39,40)36-23-8-3-9-24-36/h2,4-7,10-21H,3,8-9,22-26H2,1H3,(H,35,38). The molecule has 0 saturated carbocycles. The Labute approximate surface area is 265 Å². The van der Waals surface area contributed by atoms with Crippen LogP contribution in [-0.2, 0) is 26.6 Å². The average molecular weight is 648 g/mol. The molecule has 0 aliphatic carbocycles. The molecule has 1 amide bonds. The van der Waals surface area contributed by atoms with Gasteiger partial charge in [-0.25, -0.2) is 16.8 Å². The maximum Gasteiger partial charge on any atom is 0.264 e. The van der Waals surface area contributed by atoms with E-state index >= 15 is 0 Å². The summed E-state index contributed by atoms with van der Waals surface area (Å²) in [5, 5.41) is 2.82. The van der Waals surface area contributed by atoms with Crippen molar-refractivity contribution in [2.75, 3.05) is 30.5 Å². The van der Waals surface area contributed by atoms with Crippen molar-refractivity contribution in [3.05, 3.63) is 120 Å². The second-order valence-corrected chi connectivity index (χ2v) is 14.7. The fourth-order valence-electron chi connectivity index (χ4n) is 5.16. The Morgan fingerprint density at radius 2 is 1.40 bits per heavy atom. The van der Waals surface area contributed by atoms with E-state index in [9.17, 15) is 21.6 Å². The Morgan fingerprint density at radius 1 is 0.778 bits per heavy atom. The molecule has 1 aliphatic heterocycles. The first-order valence-electron chi connectivity index (χ1n) is 14.9. The molecule has 11 heteroatoms. The average Bonchev–Trinajstić information content (AvgIpc) is 3.07. The SMILES string of the molecule is Cc1ccc(S(=O)(=O)N(Cc2ccccc2)c2ccccc2C(=O)NCCOc2ccc(S(=O)(=O)N3CCCCC3)cc2)cc1. The number of benzene rings is 4. The molecule has 1 N–H and O–H groups in total. The lowest BCUT2D eigenvalue weighted by atomic mass is 10.1. The van der Waals surface area contributed by atoms with E-state index in [2.05, 4.69) is 5.32 Å². The van der Waals surface area contributed by atoms with Gasteiger partial charge in [0, 0.05) is 13.1 Å². The smallest absolute Gasteiger partial charge is 0.264 e. The fourth-order valence-corrected chi connectivity index (χ4v) is 8.15. The van der Waals surface area contributed by atoms with Crippen LogP contribution in [0, 0.1) is 6.92 Å². The van der Waals surface area contributed by atoms with Crippen LogP contribution in [0.1, 0.15) is 40.7 Å². The number of rotatable bonds is 12. The Hall–Kier alpha value is -4.19. The van der Waals surface area contributed by atoms with Crippen LogP contribution < -0.4 is 14.4 Å². The van der Waals surface area contributed by atoms with Crippen molar-refractivity contribution in [2.45, 2.75) is 42.5 Å². The number of nitrogens with zero attached hydrogens (tertiary/aromatic N) is 2. The maximum atomic E-state index is 14.0. The summed E-state index contributed by atoms with van der Waals surface area (Å²) in [6.45, 7) is 3.26. The van der Waals surface area contributed by atoms with Crippen molar-refractivity contribution in [3.8, 4) is 5.75 Å². The van der Waals surface area contributed by atoms with Gasteiger partial charge in [-0.3, -0.25) is 9.10 Å². The highest BCUT2D eigenvalue weighted by Crippen LogP contribution is 2.30. The molecule has 0 bridgehead atoms. The monoisotopic (exact) mass is 647 g/mol. The molecule has 9 nitrogen and oxygen atoms in total. The second-order valence-electron chi connectivity index (χ2n) is 10.9. The summed E-state index contributed by atoms with van der Waals surface area (Å²) in [4.78, 5) is 13.7. The highest BCUT2D eigenvalue weighted by Gasteiger charge is 2.29. The van der Waals surface area contributed by atoms with Gasteiger partial charge in [0.1, 0.15) is 12.4 Å². The van der Waals surface area contributed by atoms with Crippen LogP contribution in [-0.4, -0.2) is 53.3 Å². The van der Waals surface area contributed by atoms with Gasteiger partial charge in [-0.1, -0.05) is 66.6 Å². The number of amides is 1.